The molecule has 0 radical (unpaired) electrons. The van der Waals surface area contributed by atoms with Crippen LogP contribution in [0, 0.1) is 19.3 Å². The average Bonchev–Trinajstić information content (AvgIpc) is 3.77. The molecule has 5 rings (SSSR count). The molecule has 0 saturated carbocycles. The summed E-state index contributed by atoms with van der Waals surface area (Å²) >= 11 is 0. The summed E-state index contributed by atoms with van der Waals surface area (Å²) in [6, 6.07) is 7.06. The fraction of sp³-hybridized carbons (Fsp3) is 0.300. The maximum absolute atomic E-state index is 11.5. The number of hydrogen-bond acceptors (Lipinski definition) is 7. The highest BCUT2D eigenvalue weighted by atomic mass is 16.4. The number of H-pyrrole nitrogens is 2. The lowest BCUT2D eigenvalue weighted by Gasteiger charge is -2.06. The molecule has 0 saturated heterocycles. The molecule has 14 heteroatoms. The summed E-state index contributed by atoms with van der Waals surface area (Å²) in [5.74, 6) is -2.88. The number of aryl methyl sites for hydroxylation is 3. The smallest absolute Gasteiger partial charge is 0.320 e. The Morgan fingerprint density at radius 1 is 0.815 bits per heavy atom. The van der Waals surface area contributed by atoms with Gasteiger partial charge in [0, 0.05) is 52.6 Å². The maximum atomic E-state index is 11.5. The van der Waals surface area contributed by atoms with Gasteiger partial charge in [0.1, 0.15) is 6.04 Å². The van der Waals surface area contributed by atoms with Crippen LogP contribution in [0.3, 0.4) is 0 Å². The Labute approximate surface area is 313 Å². The Morgan fingerprint density at radius 2 is 1.37 bits per heavy atom. The number of nitrogens with one attached hydrogen (secondary N) is 4. The number of aromatic amines is 2. The zero-order chi connectivity index (χ0) is 39.9. The first kappa shape index (κ1) is 40.5. The first-order valence-corrected chi connectivity index (χ1v) is 17.5. The van der Waals surface area contributed by atoms with Crippen LogP contribution in [0.2, 0.25) is 0 Å². The third-order valence-electron chi connectivity index (χ3n) is 9.55. The van der Waals surface area contributed by atoms with E-state index in [4.69, 9.17) is 32.0 Å². The Hall–Kier alpha value is -6.28. The number of guanidine groups is 1. The number of fused-ring (bicyclic) bond motifs is 8. The fourth-order valence-corrected chi connectivity index (χ4v) is 6.44. The van der Waals surface area contributed by atoms with Crippen LogP contribution in [0.15, 0.2) is 43.5 Å². The Balaban J connectivity index is 0.000000467. The number of carboxylic acids is 3. The van der Waals surface area contributed by atoms with Gasteiger partial charge in [0.25, 0.3) is 0 Å². The van der Waals surface area contributed by atoms with E-state index in [-0.39, 0.29) is 18.8 Å². The van der Waals surface area contributed by atoms with Gasteiger partial charge >= 0.3 is 17.9 Å². The Bertz CT molecular complexity index is 2260. The van der Waals surface area contributed by atoms with E-state index < -0.39 is 23.9 Å². The molecule has 2 aliphatic heterocycles. The topological polar surface area (TPSA) is 257 Å². The van der Waals surface area contributed by atoms with Crippen LogP contribution in [0.4, 0.5) is 0 Å². The minimum Gasteiger partial charge on any atom is -0.481 e. The second kappa shape index (κ2) is 17.5. The van der Waals surface area contributed by atoms with Gasteiger partial charge in [0.15, 0.2) is 5.96 Å². The van der Waals surface area contributed by atoms with Gasteiger partial charge < -0.3 is 42.1 Å². The molecule has 0 unspecified atom stereocenters. The molecular weight excluding hydrogens is 688 g/mol. The van der Waals surface area contributed by atoms with Gasteiger partial charge in [-0.1, -0.05) is 25.3 Å². The lowest BCUT2D eigenvalue weighted by molar-refractivity contribution is -0.139. The summed E-state index contributed by atoms with van der Waals surface area (Å²) in [6.45, 7) is 16.5. The molecule has 0 spiro atoms. The molecular formula is C40H48N8O6. The first-order valence-electron chi connectivity index (χ1n) is 17.5. The van der Waals surface area contributed by atoms with Gasteiger partial charge in [0.2, 0.25) is 0 Å². The van der Waals surface area contributed by atoms with Crippen LogP contribution in [0.1, 0.15) is 91.0 Å². The summed E-state index contributed by atoms with van der Waals surface area (Å²) in [5.41, 5.74) is 23.9. The molecule has 14 nitrogen and oxygen atoms in total. The molecule has 0 amide bonds. The second-order valence-corrected chi connectivity index (χ2v) is 13.2. The van der Waals surface area contributed by atoms with E-state index in [0.717, 1.165) is 83.7 Å². The van der Waals surface area contributed by atoms with Gasteiger partial charge in [0.05, 0.1) is 22.8 Å². The van der Waals surface area contributed by atoms with Crippen molar-refractivity contribution in [2.24, 2.45) is 11.5 Å². The first-order chi connectivity index (χ1) is 25.6. The van der Waals surface area contributed by atoms with E-state index in [2.05, 4.69) is 28.4 Å². The summed E-state index contributed by atoms with van der Waals surface area (Å²) in [5, 5.41) is 36.6. The van der Waals surface area contributed by atoms with Crippen molar-refractivity contribution in [1.82, 2.24) is 25.3 Å². The van der Waals surface area contributed by atoms with Crippen LogP contribution < -0.4 is 16.8 Å². The van der Waals surface area contributed by atoms with Gasteiger partial charge in [-0.2, -0.15) is 0 Å². The third-order valence-corrected chi connectivity index (χ3v) is 9.55. The van der Waals surface area contributed by atoms with Crippen molar-refractivity contribution in [2.75, 3.05) is 6.54 Å². The van der Waals surface area contributed by atoms with Crippen molar-refractivity contribution < 1.29 is 29.7 Å². The van der Waals surface area contributed by atoms with E-state index in [1.54, 1.807) is 6.08 Å². The highest BCUT2D eigenvalue weighted by molar-refractivity contribution is 5.98. The molecule has 11 N–H and O–H groups in total. The molecule has 0 aromatic carbocycles. The second-order valence-electron chi connectivity index (χ2n) is 13.2. The SMILES string of the molecule is C=CC1=C(C)c2cc3[nH]c(cc4nc(cc5[nH]c(cc1n2)c(C)c5CCC(=O)O)C(CCC(=O)O)=C4C)c(C)c3C=C.N=C(N)NCCC[C@H](N)C(=O)O. The van der Waals surface area contributed by atoms with Crippen LogP contribution in [-0.4, -0.2) is 71.7 Å². The van der Waals surface area contributed by atoms with Crippen molar-refractivity contribution in [3.8, 4) is 0 Å². The number of allylic oxidation sites excluding steroid dienone is 5. The van der Waals surface area contributed by atoms with Crippen molar-refractivity contribution in [2.45, 2.75) is 72.3 Å². The van der Waals surface area contributed by atoms with Crippen LogP contribution >= 0.6 is 0 Å². The normalized spacial score (nSPS) is 12.8. The predicted molar refractivity (Wildman–Crippen MR) is 213 cm³/mol. The molecule has 1 atom stereocenters. The summed E-state index contributed by atoms with van der Waals surface area (Å²) < 4.78 is 0. The summed E-state index contributed by atoms with van der Waals surface area (Å²) in [4.78, 5) is 50.2. The highest BCUT2D eigenvalue weighted by Gasteiger charge is 2.21. The Kier molecular flexibility index (Phi) is 13.1. The molecule has 54 heavy (non-hydrogen) atoms. The van der Waals surface area contributed by atoms with Crippen LogP contribution in [0.25, 0.3) is 50.4 Å². The minimum atomic E-state index is -1.00. The number of nitrogens with zero attached hydrogens (tertiary/aromatic N) is 2. The Morgan fingerprint density at radius 3 is 1.98 bits per heavy atom. The number of rotatable bonds is 13. The molecule has 3 aromatic rings. The minimum absolute atomic E-state index is 0.0259. The molecule has 0 aliphatic carbocycles. The van der Waals surface area contributed by atoms with Crippen LogP contribution in [-0.2, 0) is 20.8 Å². The van der Waals surface area contributed by atoms with Gasteiger partial charge in [-0.25, -0.2) is 9.97 Å². The van der Waals surface area contributed by atoms with Crippen molar-refractivity contribution in [3.63, 3.8) is 0 Å². The standard InChI is InChI=1S/C34H34N4O4.C6H14N4O2/c1-7-21-17(3)25-13-26-19(5)23(9-11-33(39)40)31(37-26)16-32-24(10-12-34(41)42)20(6)28(38-32)15-30-22(8-2)18(4)27(36-30)14-29(21)35-25;7-4(5(11)12)2-1-3-10-6(8)9/h7-8,13-16,35,38H,1-2,9-12H2,3-6H3,(H,39,40)(H,41,42);4H,1-3,7H2,(H,11,12)(H4,8,9,10)/t;4-/m.0/s1. The fourth-order valence-electron chi connectivity index (χ4n) is 6.44. The number of carbonyl (C=O) groups is 3. The molecule has 8 bridgehead atoms. The molecule has 2 aliphatic rings. The molecule has 0 fully saturated rings. The van der Waals surface area contributed by atoms with E-state index in [1.165, 1.54) is 0 Å². The zero-order valence-corrected chi connectivity index (χ0v) is 31.0. The number of carboxylic acid groups (broad SMARTS) is 3. The number of aliphatic carboxylic acids is 3. The average molecular weight is 737 g/mol. The van der Waals surface area contributed by atoms with Gasteiger partial charge in [-0.15, -0.1) is 0 Å². The molecule has 284 valence electrons. The molecule has 3 aromatic heterocycles. The van der Waals surface area contributed by atoms with Gasteiger partial charge in [-0.05, 0) is 111 Å². The van der Waals surface area contributed by atoms with Crippen LogP contribution in [0.5, 0.6) is 0 Å². The number of aromatic nitrogens is 4. The monoisotopic (exact) mass is 736 g/mol. The quantitative estimate of drug-likeness (QED) is 0.0545. The largest absolute Gasteiger partial charge is 0.481 e. The van der Waals surface area contributed by atoms with Crippen molar-refractivity contribution in [3.05, 3.63) is 88.5 Å². The number of nitrogens with two attached hydrogens (primary N) is 2. The van der Waals surface area contributed by atoms with E-state index >= 15 is 0 Å². The van der Waals surface area contributed by atoms with Crippen molar-refractivity contribution in [1.29, 1.82) is 5.41 Å². The summed E-state index contributed by atoms with van der Waals surface area (Å²) in [7, 11) is 0. The molecule has 5 heterocycles. The summed E-state index contributed by atoms with van der Waals surface area (Å²) in [6.07, 6.45) is 5.20. The van der Waals surface area contributed by atoms with E-state index in [1.807, 2.05) is 58.0 Å². The lowest BCUT2D eigenvalue weighted by Crippen LogP contribution is -2.34. The predicted octanol–water partition coefficient (Wildman–Crippen LogP) is 6.17. The van der Waals surface area contributed by atoms with E-state index in [9.17, 15) is 24.6 Å². The highest BCUT2D eigenvalue weighted by Crippen LogP contribution is 2.36. The lowest BCUT2D eigenvalue weighted by atomic mass is 10.0. The number of hydrogen-bond donors (Lipinski definition) is 9. The van der Waals surface area contributed by atoms with Gasteiger partial charge in [-0.3, -0.25) is 19.8 Å². The zero-order valence-electron chi connectivity index (χ0n) is 31.0. The maximum Gasteiger partial charge on any atom is 0.320 e. The van der Waals surface area contributed by atoms with Crippen molar-refractivity contribution >= 4 is 74.3 Å². The third kappa shape index (κ3) is 9.38. The van der Waals surface area contributed by atoms with E-state index in [0.29, 0.717) is 37.9 Å².